The highest BCUT2D eigenvalue weighted by atomic mass is 19.1. The molecule has 1 aromatic rings. The van der Waals surface area contributed by atoms with Crippen LogP contribution in [0.3, 0.4) is 0 Å². The molecular formula is C13H15FO3. The van der Waals surface area contributed by atoms with E-state index in [1.165, 1.54) is 32.1 Å². The van der Waals surface area contributed by atoms with Gasteiger partial charge in [0.25, 0.3) is 0 Å². The molecule has 0 amide bonds. The quantitative estimate of drug-likeness (QED) is 0.714. The molecule has 0 spiro atoms. The number of Topliss-reactive ketones (excluding diaryl/α,β-unsaturated/α-hetero) is 1. The molecule has 0 heterocycles. The van der Waals surface area contributed by atoms with Crippen LogP contribution in [-0.4, -0.2) is 26.1 Å². The molecule has 0 radical (unpaired) electrons. The van der Waals surface area contributed by atoms with Gasteiger partial charge in [0.05, 0.1) is 13.7 Å². The molecule has 2 rings (SSSR count). The predicted molar refractivity (Wildman–Crippen MR) is 60.8 cm³/mol. The van der Waals surface area contributed by atoms with Crippen LogP contribution >= 0.6 is 0 Å². The summed E-state index contributed by atoms with van der Waals surface area (Å²) in [5.41, 5.74) is 0.319. The average molecular weight is 238 g/mol. The largest absolute Gasteiger partial charge is 0.494 e. The van der Waals surface area contributed by atoms with E-state index in [2.05, 4.69) is 0 Å². The summed E-state index contributed by atoms with van der Waals surface area (Å²) >= 11 is 0. The average Bonchev–Trinajstić information content (AvgIpc) is 3.13. The number of hydrogen-bond acceptors (Lipinski definition) is 3. The fourth-order valence-corrected chi connectivity index (χ4v) is 1.53. The minimum atomic E-state index is -0.527. The second-order valence-corrected chi connectivity index (χ2v) is 4.23. The van der Waals surface area contributed by atoms with E-state index in [9.17, 15) is 9.18 Å². The Hall–Kier alpha value is -1.42. The standard InChI is InChI=1S/C13H15FO3/c1-16-13-5-4-10(6-11(13)14)12(15)8-17-7-9-2-3-9/h4-6,9H,2-3,7-8H2,1H3. The van der Waals surface area contributed by atoms with Gasteiger partial charge in [0.2, 0.25) is 0 Å². The molecule has 92 valence electrons. The van der Waals surface area contributed by atoms with E-state index >= 15 is 0 Å². The third-order valence-corrected chi connectivity index (χ3v) is 2.76. The number of carbonyl (C=O) groups excluding carboxylic acids is 1. The summed E-state index contributed by atoms with van der Waals surface area (Å²) in [5.74, 6) is 0.0311. The fourth-order valence-electron chi connectivity index (χ4n) is 1.53. The van der Waals surface area contributed by atoms with Crippen LogP contribution in [0.25, 0.3) is 0 Å². The number of carbonyl (C=O) groups is 1. The molecule has 4 heteroatoms. The van der Waals surface area contributed by atoms with Gasteiger partial charge in [-0.3, -0.25) is 4.79 Å². The topological polar surface area (TPSA) is 35.5 Å². The van der Waals surface area contributed by atoms with E-state index in [-0.39, 0.29) is 18.1 Å². The highest BCUT2D eigenvalue weighted by molar-refractivity contribution is 5.97. The molecule has 0 bridgehead atoms. The van der Waals surface area contributed by atoms with Crippen molar-refractivity contribution in [3.05, 3.63) is 29.6 Å². The molecule has 0 unspecified atom stereocenters. The van der Waals surface area contributed by atoms with Crippen LogP contribution in [0, 0.1) is 11.7 Å². The van der Waals surface area contributed by atoms with Gasteiger partial charge >= 0.3 is 0 Å². The zero-order valence-corrected chi connectivity index (χ0v) is 9.74. The fraction of sp³-hybridized carbons (Fsp3) is 0.462. The van der Waals surface area contributed by atoms with Gasteiger partial charge in [0.15, 0.2) is 17.3 Å². The van der Waals surface area contributed by atoms with Crippen molar-refractivity contribution in [2.75, 3.05) is 20.3 Å². The molecule has 1 saturated carbocycles. The molecule has 17 heavy (non-hydrogen) atoms. The van der Waals surface area contributed by atoms with Crippen LogP contribution in [0.15, 0.2) is 18.2 Å². The Kier molecular flexibility index (Phi) is 3.74. The van der Waals surface area contributed by atoms with Crippen LogP contribution in [-0.2, 0) is 4.74 Å². The van der Waals surface area contributed by atoms with Gasteiger partial charge in [-0.25, -0.2) is 4.39 Å². The van der Waals surface area contributed by atoms with Crippen molar-refractivity contribution in [1.29, 1.82) is 0 Å². The Balaban J connectivity index is 1.90. The van der Waals surface area contributed by atoms with Gasteiger partial charge in [-0.05, 0) is 37.0 Å². The maximum absolute atomic E-state index is 13.4. The SMILES string of the molecule is COc1ccc(C(=O)COCC2CC2)cc1F. The van der Waals surface area contributed by atoms with E-state index in [4.69, 9.17) is 9.47 Å². The summed E-state index contributed by atoms with van der Waals surface area (Å²) in [4.78, 5) is 11.7. The molecule has 0 saturated heterocycles. The summed E-state index contributed by atoms with van der Waals surface area (Å²) in [6, 6.07) is 4.18. The van der Waals surface area contributed by atoms with E-state index in [1.807, 2.05) is 0 Å². The van der Waals surface area contributed by atoms with Gasteiger partial charge in [-0.1, -0.05) is 0 Å². The van der Waals surface area contributed by atoms with E-state index in [0.717, 1.165) is 0 Å². The summed E-state index contributed by atoms with van der Waals surface area (Å²) in [6.07, 6.45) is 2.37. The molecule has 0 aliphatic heterocycles. The first kappa shape index (κ1) is 12.0. The van der Waals surface area contributed by atoms with Crippen molar-refractivity contribution < 1.29 is 18.7 Å². The summed E-state index contributed by atoms with van der Waals surface area (Å²) in [7, 11) is 1.39. The van der Waals surface area contributed by atoms with Gasteiger partial charge in [-0.2, -0.15) is 0 Å². The van der Waals surface area contributed by atoms with E-state index in [0.29, 0.717) is 18.1 Å². The first-order valence-corrected chi connectivity index (χ1v) is 5.65. The maximum Gasteiger partial charge on any atom is 0.188 e. The molecule has 3 nitrogen and oxygen atoms in total. The second kappa shape index (κ2) is 5.27. The first-order valence-electron chi connectivity index (χ1n) is 5.65. The lowest BCUT2D eigenvalue weighted by atomic mass is 10.1. The number of ether oxygens (including phenoxy) is 2. The Morgan fingerprint density at radius 3 is 2.82 bits per heavy atom. The van der Waals surface area contributed by atoms with Gasteiger partial charge in [0.1, 0.15) is 6.61 Å². The van der Waals surface area contributed by atoms with Gasteiger partial charge in [-0.15, -0.1) is 0 Å². The number of ketones is 1. The van der Waals surface area contributed by atoms with Gasteiger partial charge in [0, 0.05) is 5.56 Å². The van der Waals surface area contributed by atoms with Crippen molar-refractivity contribution in [2.24, 2.45) is 5.92 Å². The summed E-state index contributed by atoms with van der Waals surface area (Å²) in [5, 5.41) is 0. The zero-order chi connectivity index (χ0) is 12.3. The van der Waals surface area contributed by atoms with Crippen molar-refractivity contribution in [1.82, 2.24) is 0 Å². The Labute approximate surface area is 99.5 Å². The van der Waals surface area contributed by atoms with Crippen LogP contribution in [0.5, 0.6) is 5.75 Å². The third-order valence-electron chi connectivity index (χ3n) is 2.76. The summed E-state index contributed by atoms with van der Waals surface area (Å²) < 4.78 is 23.4. The van der Waals surface area contributed by atoms with E-state index in [1.54, 1.807) is 6.07 Å². The lowest BCUT2D eigenvalue weighted by Gasteiger charge is -2.05. The lowest BCUT2D eigenvalue weighted by Crippen LogP contribution is -2.11. The number of halogens is 1. The van der Waals surface area contributed by atoms with Crippen molar-refractivity contribution in [3.63, 3.8) is 0 Å². The number of methoxy groups -OCH3 is 1. The molecule has 1 fully saturated rings. The molecular weight excluding hydrogens is 223 g/mol. The Bertz CT molecular complexity index is 413. The van der Waals surface area contributed by atoms with Crippen LogP contribution in [0.1, 0.15) is 23.2 Å². The van der Waals surface area contributed by atoms with Crippen LogP contribution in [0.2, 0.25) is 0 Å². The van der Waals surface area contributed by atoms with E-state index < -0.39 is 5.82 Å². The molecule has 1 aliphatic rings. The van der Waals surface area contributed by atoms with Crippen molar-refractivity contribution in [3.8, 4) is 5.75 Å². The van der Waals surface area contributed by atoms with Crippen LogP contribution < -0.4 is 4.74 Å². The molecule has 0 atom stereocenters. The molecule has 1 aliphatic carbocycles. The molecule has 0 aromatic heterocycles. The second-order valence-electron chi connectivity index (χ2n) is 4.23. The van der Waals surface area contributed by atoms with Crippen molar-refractivity contribution in [2.45, 2.75) is 12.8 Å². The zero-order valence-electron chi connectivity index (χ0n) is 9.74. The highest BCUT2D eigenvalue weighted by Crippen LogP contribution is 2.28. The minimum absolute atomic E-state index is 0.0161. The smallest absolute Gasteiger partial charge is 0.188 e. The van der Waals surface area contributed by atoms with Crippen molar-refractivity contribution >= 4 is 5.78 Å². The highest BCUT2D eigenvalue weighted by Gasteiger charge is 2.21. The number of benzene rings is 1. The number of rotatable bonds is 6. The first-order chi connectivity index (χ1) is 8.20. The normalized spacial score (nSPS) is 14.7. The maximum atomic E-state index is 13.4. The third kappa shape index (κ3) is 3.27. The minimum Gasteiger partial charge on any atom is -0.494 e. The van der Waals surface area contributed by atoms with Gasteiger partial charge < -0.3 is 9.47 Å². The Morgan fingerprint density at radius 2 is 2.24 bits per heavy atom. The predicted octanol–water partition coefficient (Wildman–Crippen LogP) is 2.44. The molecule has 0 N–H and O–H groups in total. The Morgan fingerprint density at radius 1 is 1.47 bits per heavy atom. The number of hydrogen-bond donors (Lipinski definition) is 0. The summed E-state index contributed by atoms with van der Waals surface area (Å²) in [6.45, 7) is 0.645. The lowest BCUT2D eigenvalue weighted by molar-refractivity contribution is 0.0739. The molecule has 1 aromatic carbocycles. The monoisotopic (exact) mass is 238 g/mol. The van der Waals surface area contributed by atoms with Crippen LogP contribution in [0.4, 0.5) is 4.39 Å².